The second-order valence-corrected chi connectivity index (χ2v) is 15.7. The lowest BCUT2D eigenvalue weighted by molar-refractivity contribution is -0.127. The van der Waals surface area contributed by atoms with Gasteiger partial charge in [-0.2, -0.15) is 20.5 Å². The molecular formula is C42H32Cl6N8O6. The van der Waals surface area contributed by atoms with Crippen LogP contribution in [0.1, 0.15) is 45.7 Å². The van der Waals surface area contributed by atoms with Crippen LogP contribution in [0.25, 0.3) is 0 Å². The number of ketones is 2. The molecule has 4 N–H and O–H groups in total. The first-order valence-electron chi connectivity index (χ1n) is 18.0. The Kier molecular flexibility index (Phi) is 15.9. The Morgan fingerprint density at radius 2 is 0.839 bits per heavy atom. The molecule has 318 valence electrons. The average Bonchev–Trinajstić information content (AvgIpc) is 3.21. The number of anilines is 4. The van der Waals surface area contributed by atoms with Crippen molar-refractivity contribution in [3.8, 4) is 0 Å². The van der Waals surface area contributed by atoms with E-state index in [0.29, 0.717) is 22.5 Å². The number of hydrogen-bond donors (Lipinski definition) is 4. The Labute approximate surface area is 384 Å². The van der Waals surface area contributed by atoms with Crippen LogP contribution < -0.4 is 21.3 Å². The van der Waals surface area contributed by atoms with E-state index in [1.165, 1.54) is 50.2 Å². The molecule has 0 saturated carbocycles. The maximum Gasteiger partial charge on any atom is 0.258 e. The summed E-state index contributed by atoms with van der Waals surface area (Å²) in [7, 11) is 0. The highest BCUT2D eigenvalue weighted by molar-refractivity contribution is 6.45. The molecule has 0 bridgehead atoms. The zero-order valence-corrected chi connectivity index (χ0v) is 37.3. The monoisotopic (exact) mass is 954 g/mol. The number of nitrogens with zero attached hydrogens (tertiary/aromatic N) is 4. The topological polar surface area (TPSA) is 200 Å². The fourth-order valence-corrected chi connectivity index (χ4v) is 6.55. The van der Waals surface area contributed by atoms with E-state index >= 15 is 0 Å². The van der Waals surface area contributed by atoms with Gasteiger partial charge >= 0.3 is 0 Å². The van der Waals surface area contributed by atoms with E-state index in [-0.39, 0.29) is 64.0 Å². The zero-order valence-electron chi connectivity index (χ0n) is 32.7. The van der Waals surface area contributed by atoms with Gasteiger partial charge in [0.15, 0.2) is 11.6 Å². The third-order valence-electron chi connectivity index (χ3n) is 8.72. The number of carbonyl (C=O) groups excluding carboxylic acids is 6. The van der Waals surface area contributed by atoms with Gasteiger partial charge in [-0.3, -0.25) is 28.8 Å². The van der Waals surface area contributed by atoms with Crippen LogP contribution in [0.4, 0.5) is 34.1 Å². The normalized spacial score (nSPS) is 12.2. The van der Waals surface area contributed by atoms with Crippen molar-refractivity contribution < 1.29 is 28.8 Å². The highest BCUT2D eigenvalue weighted by Gasteiger charge is 2.26. The summed E-state index contributed by atoms with van der Waals surface area (Å²) in [5, 5.41) is 27.5. The summed E-state index contributed by atoms with van der Waals surface area (Å²) in [6.45, 7) is 5.62. The highest BCUT2D eigenvalue weighted by Crippen LogP contribution is 2.33. The van der Waals surface area contributed by atoms with E-state index < -0.39 is 47.3 Å². The summed E-state index contributed by atoms with van der Waals surface area (Å²) in [6, 6.07) is 17.7. The first-order valence-corrected chi connectivity index (χ1v) is 20.3. The number of carbonyl (C=O) groups is 6. The number of hydrogen-bond acceptors (Lipinski definition) is 10. The molecule has 0 heterocycles. The quantitative estimate of drug-likeness (QED) is 0.0630. The predicted octanol–water partition coefficient (Wildman–Crippen LogP) is 12.1. The standard InChI is InChI=1S/C42H32Cl6N8O6/c1-19-15-34(52-42(62)38(22(4)58)56-54-24-12-14-28(44)26(18-24)40(60)50-32-10-6-8-30(46)36(32)48)20(2)16-33(19)51-41(61)37(21(3)57)55-53-23-11-13-27(43)25(17-23)39(59)49-31-9-5-7-29(45)35(31)47/h5-18,37-38H,1-4H3,(H,49,59)(H,50,60)(H,51,61)(H,52,62). The first kappa shape index (κ1) is 47.3. The van der Waals surface area contributed by atoms with Crippen LogP contribution in [-0.2, 0) is 19.2 Å². The number of aryl methyl sites for hydroxylation is 2. The Morgan fingerprint density at radius 3 is 1.19 bits per heavy atom. The van der Waals surface area contributed by atoms with E-state index in [2.05, 4.69) is 41.7 Å². The molecule has 4 amide bonds. The van der Waals surface area contributed by atoms with E-state index in [1.54, 1.807) is 62.4 Å². The van der Waals surface area contributed by atoms with Gasteiger partial charge in [-0.05, 0) is 112 Å². The van der Waals surface area contributed by atoms with E-state index in [9.17, 15) is 28.8 Å². The van der Waals surface area contributed by atoms with Gasteiger partial charge in [-0.1, -0.05) is 81.7 Å². The largest absolute Gasteiger partial charge is 0.324 e. The molecule has 0 aliphatic rings. The fourth-order valence-electron chi connectivity index (χ4n) is 5.45. The van der Waals surface area contributed by atoms with Gasteiger partial charge in [-0.25, -0.2) is 0 Å². The minimum absolute atomic E-state index is 0.0118. The van der Waals surface area contributed by atoms with E-state index in [4.69, 9.17) is 69.6 Å². The minimum atomic E-state index is -1.58. The fraction of sp³-hybridized carbons (Fsp3) is 0.143. The number of benzene rings is 5. The van der Waals surface area contributed by atoms with Gasteiger partial charge in [-0.15, -0.1) is 0 Å². The molecule has 5 aromatic carbocycles. The maximum atomic E-state index is 13.4. The van der Waals surface area contributed by atoms with Crippen LogP contribution in [0.15, 0.2) is 105 Å². The molecule has 0 aromatic heterocycles. The van der Waals surface area contributed by atoms with Crippen molar-refractivity contribution in [2.75, 3.05) is 21.3 Å². The lowest BCUT2D eigenvalue weighted by atomic mass is 10.1. The zero-order chi connectivity index (χ0) is 45.4. The summed E-state index contributed by atoms with van der Waals surface area (Å²) < 4.78 is 0. The molecule has 0 saturated heterocycles. The van der Waals surface area contributed by atoms with Crippen LogP contribution in [0.5, 0.6) is 0 Å². The third kappa shape index (κ3) is 11.8. The van der Waals surface area contributed by atoms with Gasteiger partial charge in [0.1, 0.15) is 0 Å². The highest BCUT2D eigenvalue weighted by atomic mass is 35.5. The van der Waals surface area contributed by atoms with Crippen molar-refractivity contribution in [3.05, 3.63) is 137 Å². The van der Waals surface area contributed by atoms with Crippen molar-refractivity contribution in [2.24, 2.45) is 20.5 Å². The summed E-state index contributed by atoms with van der Waals surface area (Å²) in [6.07, 6.45) is 0. The predicted molar refractivity (Wildman–Crippen MR) is 243 cm³/mol. The number of amides is 4. The van der Waals surface area contributed by atoms with E-state index in [0.717, 1.165) is 0 Å². The van der Waals surface area contributed by atoms with Gasteiger partial charge in [0.25, 0.3) is 23.6 Å². The lowest BCUT2D eigenvalue weighted by Gasteiger charge is -2.16. The Bertz CT molecular complexity index is 2530. The second-order valence-electron chi connectivity index (χ2n) is 13.4. The number of halogens is 6. The maximum absolute atomic E-state index is 13.4. The molecule has 20 heteroatoms. The molecule has 2 unspecified atom stereocenters. The number of Topliss-reactive ketones (excluding diaryl/α,β-unsaturated/α-hetero) is 2. The Hall–Kier alpha value is -5.74. The molecule has 62 heavy (non-hydrogen) atoms. The van der Waals surface area contributed by atoms with Crippen molar-refractivity contribution >= 4 is 139 Å². The molecular weight excluding hydrogens is 925 g/mol. The van der Waals surface area contributed by atoms with Crippen LogP contribution >= 0.6 is 69.6 Å². The molecule has 0 aliphatic heterocycles. The first-order chi connectivity index (χ1) is 29.3. The van der Waals surface area contributed by atoms with Crippen molar-refractivity contribution in [3.63, 3.8) is 0 Å². The van der Waals surface area contributed by atoms with Gasteiger partial charge in [0, 0.05) is 11.4 Å². The molecule has 0 spiro atoms. The molecule has 0 aliphatic carbocycles. The average molecular weight is 957 g/mol. The summed E-state index contributed by atoms with van der Waals surface area (Å²) >= 11 is 37.1. The van der Waals surface area contributed by atoms with Gasteiger partial charge < -0.3 is 21.3 Å². The SMILES string of the molecule is CC(=O)C(N=Nc1ccc(Cl)c(C(=O)Nc2cccc(Cl)c2Cl)c1)C(=O)Nc1cc(C)c(NC(=O)C(N=Nc2ccc(Cl)c(C(=O)Nc3cccc(Cl)c3Cl)c2)C(C)=O)cc1C. The number of nitrogens with one attached hydrogen (secondary N) is 4. The summed E-state index contributed by atoms with van der Waals surface area (Å²) in [4.78, 5) is 78.0. The molecule has 0 fully saturated rings. The smallest absolute Gasteiger partial charge is 0.258 e. The number of azo groups is 2. The molecule has 2 atom stereocenters. The van der Waals surface area contributed by atoms with Crippen LogP contribution in [0.2, 0.25) is 30.1 Å². The molecule has 5 rings (SSSR count). The van der Waals surface area contributed by atoms with Crippen LogP contribution in [0, 0.1) is 13.8 Å². The third-order valence-corrected chi connectivity index (χ3v) is 11.0. The Morgan fingerprint density at radius 1 is 0.468 bits per heavy atom. The van der Waals surface area contributed by atoms with Crippen LogP contribution in [-0.4, -0.2) is 47.3 Å². The Balaban J connectivity index is 1.26. The summed E-state index contributed by atoms with van der Waals surface area (Å²) in [5.41, 5.74) is 2.29. The van der Waals surface area contributed by atoms with Gasteiger partial charge in [0.05, 0.1) is 64.0 Å². The lowest BCUT2D eigenvalue weighted by Crippen LogP contribution is -2.32. The second kappa shape index (κ2) is 20.9. The van der Waals surface area contributed by atoms with E-state index in [1.807, 2.05) is 0 Å². The molecule has 5 aromatic rings. The molecule has 0 radical (unpaired) electrons. The molecule has 14 nitrogen and oxygen atoms in total. The summed E-state index contributed by atoms with van der Waals surface area (Å²) in [5.74, 6) is -4.12. The van der Waals surface area contributed by atoms with Gasteiger partial charge in [0.2, 0.25) is 12.1 Å². The van der Waals surface area contributed by atoms with Crippen molar-refractivity contribution in [1.29, 1.82) is 0 Å². The minimum Gasteiger partial charge on any atom is -0.324 e. The van der Waals surface area contributed by atoms with Crippen molar-refractivity contribution in [2.45, 2.75) is 39.8 Å². The van der Waals surface area contributed by atoms with Crippen LogP contribution in [0.3, 0.4) is 0 Å². The number of rotatable bonds is 14. The van der Waals surface area contributed by atoms with Crippen molar-refractivity contribution in [1.82, 2.24) is 0 Å².